The van der Waals surface area contributed by atoms with Crippen molar-refractivity contribution in [1.29, 1.82) is 0 Å². The fraction of sp³-hybridized carbons (Fsp3) is 0.355. The van der Waals surface area contributed by atoms with E-state index in [0.29, 0.717) is 31.5 Å². The molecule has 0 spiro atoms. The summed E-state index contributed by atoms with van der Waals surface area (Å²) in [6.07, 6.45) is 2.51. The molecule has 4 rings (SSSR count). The van der Waals surface area contributed by atoms with Gasteiger partial charge in [0, 0.05) is 30.6 Å². The van der Waals surface area contributed by atoms with Gasteiger partial charge in [-0.25, -0.2) is 12.8 Å². The fourth-order valence-electron chi connectivity index (χ4n) is 4.92. The van der Waals surface area contributed by atoms with Gasteiger partial charge in [-0.05, 0) is 73.2 Å². The minimum Gasteiger partial charge on any atom is -0.380 e. The van der Waals surface area contributed by atoms with E-state index in [-0.39, 0.29) is 27.8 Å². The summed E-state index contributed by atoms with van der Waals surface area (Å²) in [5, 5.41) is 6.27. The molecule has 7 nitrogen and oxygen atoms in total. The molecule has 1 aliphatic rings. The highest BCUT2D eigenvalue weighted by Gasteiger charge is 2.36. The van der Waals surface area contributed by atoms with Gasteiger partial charge in [0.05, 0.1) is 10.5 Å². The number of nitrogens with one attached hydrogen (secondary N) is 2. The van der Waals surface area contributed by atoms with Crippen LogP contribution in [0.2, 0.25) is 0 Å². The first-order valence-electron chi connectivity index (χ1n) is 13.4. The Morgan fingerprint density at radius 2 is 1.55 bits per heavy atom. The van der Waals surface area contributed by atoms with E-state index in [1.54, 1.807) is 35.2 Å². The van der Waals surface area contributed by atoms with Crippen molar-refractivity contribution in [3.8, 4) is 11.1 Å². The summed E-state index contributed by atoms with van der Waals surface area (Å²) in [7, 11) is -3.27. The van der Waals surface area contributed by atoms with Crippen molar-refractivity contribution in [2.75, 3.05) is 24.7 Å². The van der Waals surface area contributed by atoms with Gasteiger partial charge in [-0.3, -0.25) is 9.59 Å². The Hall–Kier alpha value is -3.72. The van der Waals surface area contributed by atoms with Crippen LogP contribution in [0.3, 0.4) is 0 Å². The number of carbonyl (C=O) groups is 2. The number of benzene rings is 3. The van der Waals surface area contributed by atoms with E-state index in [2.05, 4.69) is 17.6 Å². The standard InChI is InChI=1S/C31H36FN3O4S/c1-21(2)28(33-29(36)26-20-23(10-15-27(26)32)22-8-6-5-7-9-22)30(37)35-18-16-31(3,17-19-35)34-24-11-13-25(14-12-24)40(4,38)39/h5-15,20-21,28,34H,16-19H2,1-4H3,(H,33,36)/t28-/m1/s1. The molecule has 3 aromatic rings. The molecule has 0 aromatic heterocycles. The monoisotopic (exact) mass is 565 g/mol. The summed E-state index contributed by atoms with van der Waals surface area (Å²) in [5.74, 6) is -1.65. The van der Waals surface area contributed by atoms with E-state index in [4.69, 9.17) is 0 Å². The number of nitrogens with zero attached hydrogens (tertiary/aromatic N) is 1. The zero-order chi connectivity index (χ0) is 29.1. The van der Waals surface area contributed by atoms with Crippen molar-refractivity contribution in [2.24, 2.45) is 5.92 Å². The van der Waals surface area contributed by atoms with Crippen LogP contribution in [-0.2, 0) is 14.6 Å². The second kappa shape index (κ2) is 11.8. The average molecular weight is 566 g/mol. The number of amides is 2. The molecule has 1 fully saturated rings. The number of hydrogen-bond acceptors (Lipinski definition) is 5. The van der Waals surface area contributed by atoms with Gasteiger partial charge >= 0.3 is 0 Å². The Balaban J connectivity index is 1.41. The van der Waals surface area contributed by atoms with E-state index < -0.39 is 27.6 Å². The van der Waals surface area contributed by atoms with Crippen molar-refractivity contribution in [1.82, 2.24) is 10.2 Å². The number of rotatable bonds is 8. The number of carbonyl (C=O) groups excluding carboxylic acids is 2. The van der Waals surface area contributed by atoms with Crippen LogP contribution in [0, 0.1) is 11.7 Å². The van der Waals surface area contributed by atoms with Crippen molar-refractivity contribution in [3.63, 3.8) is 0 Å². The highest BCUT2D eigenvalue weighted by atomic mass is 32.2. The molecule has 1 atom stereocenters. The first kappa shape index (κ1) is 29.3. The molecular weight excluding hydrogens is 529 g/mol. The molecule has 1 aliphatic heterocycles. The number of piperidine rings is 1. The molecule has 3 aromatic carbocycles. The van der Waals surface area contributed by atoms with Crippen molar-refractivity contribution >= 4 is 27.3 Å². The van der Waals surface area contributed by atoms with Gasteiger partial charge in [0.25, 0.3) is 5.91 Å². The number of likely N-dealkylation sites (tertiary alicyclic amines) is 1. The molecule has 1 heterocycles. The molecule has 0 saturated carbocycles. The highest BCUT2D eigenvalue weighted by molar-refractivity contribution is 7.90. The normalized spacial score (nSPS) is 15.9. The Kier molecular flexibility index (Phi) is 8.63. The van der Waals surface area contributed by atoms with Gasteiger partial charge < -0.3 is 15.5 Å². The van der Waals surface area contributed by atoms with Gasteiger partial charge in [-0.2, -0.15) is 0 Å². The predicted octanol–water partition coefficient (Wildman–Crippen LogP) is 5.14. The minimum atomic E-state index is -3.27. The maximum Gasteiger partial charge on any atom is 0.254 e. The lowest BCUT2D eigenvalue weighted by atomic mass is 9.88. The highest BCUT2D eigenvalue weighted by Crippen LogP contribution is 2.28. The number of sulfone groups is 1. The summed E-state index contributed by atoms with van der Waals surface area (Å²) in [6.45, 7) is 6.76. The van der Waals surface area contributed by atoms with Crippen LogP contribution in [0.1, 0.15) is 44.0 Å². The number of anilines is 1. The zero-order valence-electron chi connectivity index (χ0n) is 23.3. The van der Waals surface area contributed by atoms with Crippen LogP contribution in [0.5, 0.6) is 0 Å². The van der Waals surface area contributed by atoms with Gasteiger partial charge in [0.2, 0.25) is 5.91 Å². The maximum absolute atomic E-state index is 14.7. The number of halogens is 1. The van der Waals surface area contributed by atoms with Crippen molar-refractivity contribution < 1.29 is 22.4 Å². The molecular formula is C31H36FN3O4S. The second-order valence-electron chi connectivity index (χ2n) is 11.1. The van der Waals surface area contributed by atoms with Crippen molar-refractivity contribution in [3.05, 3.63) is 84.2 Å². The van der Waals surface area contributed by atoms with E-state index in [9.17, 15) is 22.4 Å². The van der Waals surface area contributed by atoms with Crippen LogP contribution in [0.25, 0.3) is 11.1 Å². The summed E-state index contributed by atoms with van der Waals surface area (Å²) in [5.41, 5.74) is 2.00. The molecule has 0 aliphatic carbocycles. The first-order chi connectivity index (χ1) is 18.9. The largest absolute Gasteiger partial charge is 0.380 e. The minimum absolute atomic E-state index is 0.0999. The van der Waals surface area contributed by atoms with Crippen LogP contribution in [0.4, 0.5) is 10.1 Å². The quantitative estimate of drug-likeness (QED) is 0.394. The van der Waals surface area contributed by atoms with Crippen LogP contribution < -0.4 is 10.6 Å². The molecule has 0 radical (unpaired) electrons. The molecule has 212 valence electrons. The van der Waals surface area contributed by atoms with Gasteiger partial charge in [0.1, 0.15) is 11.9 Å². The summed E-state index contributed by atoms with van der Waals surface area (Å²) in [4.78, 5) is 28.7. The van der Waals surface area contributed by atoms with E-state index in [0.717, 1.165) is 11.3 Å². The molecule has 2 amide bonds. The fourth-order valence-corrected chi connectivity index (χ4v) is 5.55. The lowest BCUT2D eigenvalue weighted by Gasteiger charge is -2.42. The van der Waals surface area contributed by atoms with Crippen LogP contribution in [0.15, 0.2) is 77.7 Å². The third kappa shape index (κ3) is 6.88. The Morgan fingerprint density at radius 1 is 0.925 bits per heavy atom. The zero-order valence-corrected chi connectivity index (χ0v) is 24.1. The number of hydrogen-bond donors (Lipinski definition) is 2. The second-order valence-corrected chi connectivity index (χ2v) is 13.1. The predicted molar refractivity (Wildman–Crippen MR) is 155 cm³/mol. The van der Waals surface area contributed by atoms with E-state index in [1.807, 2.05) is 44.2 Å². The van der Waals surface area contributed by atoms with E-state index in [1.165, 1.54) is 18.4 Å². The van der Waals surface area contributed by atoms with Crippen LogP contribution >= 0.6 is 0 Å². The third-order valence-electron chi connectivity index (χ3n) is 7.44. The average Bonchev–Trinajstić information content (AvgIpc) is 2.92. The summed E-state index contributed by atoms with van der Waals surface area (Å²) in [6, 6.07) is 19.7. The van der Waals surface area contributed by atoms with Crippen LogP contribution in [-0.4, -0.2) is 56.1 Å². The third-order valence-corrected chi connectivity index (χ3v) is 8.57. The first-order valence-corrected chi connectivity index (χ1v) is 15.3. The Bertz CT molecular complexity index is 1470. The Labute approximate surface area is 235 Å². The molecule has 1 saturated heterocycles. The van der Waals surface area contributed by atoms with Gasteiger partial charge in [-0.1, -0.05) is 50.2 Å². The van der Waals surface area contributed by atoms with Gasteiger partial charge in [-0.15, -0.1) is 0 Å². The van der Waals surface area contributed by atoms with Gasteiger partial charge in [0.15, 0.2) is 9.84 Å². The Morgan fingerprint density at radius 3 is 2.12 bits per heavy atom. The lowest BCUT2D eigenvalue weighted by Crippen LogP contribution is -2.56. The SMILES string of the molecule is CC(C)[C@@H](NC(=O)c1cc(-c2ccccc2)ccc1F)C(=O)N1CCC(C)(Nc2ccc(S(C)(=O)=O)cc2)CC1. The molecule has 0 unspecified atom stereocenters. The topological polar surface area (TPSA) is 95.6 Å². The van der Waals surface area contributed by atoms with Crippen molar-refractivity contribution in [2.45, 2.75) is 50.1 Å². The summed E-state index contributed by atoms with van der Waals surface area (Å²) < 4.78 is 38.2. The molecule has 9 heteroatoms. The smallest absolute Gasteiger partial charge is 0.254 e. The summed E-state index contributed by atoms with van der Waals surface area (Å²) >= 11 is 0. The maximum atomic E-state index is 14.7. The lowest BCUT2D eigenvalue weighted by molar-refractivity contribution is -0.135. The molecule has 2 N–H and O–H groups in total. The molecule has 40 heavy (non-hydrogen) atoms. The van der Waals surface area contributed by atoms with E-state index >= 15 is 0 Å². The molecule has 0 bridgehead atoms.